The first-order chi connectivity index (χ1) is 10.3. The van der Waals surface area contributed by atoms with Gasteiger partial charge in [0.25, 0.3) is 0 Å². The normalized spacial score (nSPS) is 18.5. The summed E-state index contributed by atoms with van der Waals surface area (Å²) in [5, 5.41) is 0. The summed E-state index contributed by atoms with van der Waals surface area (Å²) < 4.78 is 0. The molecule has 1 unspecified atom stereocenters. The molecule has 2 aromatic carbocycles. The number of nitrogens with zero attached hydrogens (tertiary/aromatic N) is 1. The van der Waals surface area contributed by atoms with Crippen LogP contribution in [0.15, 0.2) is 60.7 Å². The van der Waals surface area contributed by atoms with E-state index >= 15 is 0 Å². The Balaban J connectivity index is 1.81. The number of nitrogens with two attached hydrogens (primary N) is 1. The predicted octanol–water partition coefficient (Wildman–Crippen LogP) is 3.39. The van der Waals surface area contributed by atoms with Gasteiger partial charge in [-0.2, -0.15) is 0 Å². The summed E-state index contributed by atoms with van der Waals surface area (Å²) in [7, 11) is 0. The molecule has 1 aliphatic heterocycles. The lowest BCUT2D eigenvalue weighted by Crippen LogP contribution is -2.42. The molecule has 1 heterocycles. The highest BCUT2D eigenvalue weighted by molar-refractivity contribution is 5.24. The Morgan fingerprint density at radius 2 is 1.48 bits per heavy atom. The van der Waals surface area contributed by atoms with Crippen molar-refractivity contribution in [1.29, 1.82) is 0 Å². The smallest absolute Gasteiger partial charge is 0.0388 e. The van der Waals surface area contributed by atoms with Crippen LogP contribution in [0.25, 0.3) is 0 Å². The van der Waals surface area contributed by atoms with Crippen LogP contribution in [-0.2, 0) is 6.42 Å². The third kappa shape index (κ3) is 3.72. The minimum absolute atomic E-state index is 0.384. The highest BCUT2D eigenvalue weighted by Gasteiger charge is 2.24. The molecule has 1 aliphatic rings. The average Bonchev–Trinajstić information content (AvgIpc) is 2.55. The summed E-state index contributed by atoms with van der Waals surface area (Å²) in [5.41, 5.74) is 8.88. The van der Waals surface area contributed by atoms with Crippen LogP contribution in [0.5, 0.6) is 0 Å². The zero-order valence-electron chi connectivity index (χ0n) is 12.5. The lowest BCUT2D eigenvalue weighted by molar-refractivity contribution is 0.152. The molecule has 1 atom stereocenters. The second kappa shape index (κ2) is 6.88. The van der Waals surface area contributed by atoms with E-state index in [0.29, 0.717) is 12.1 Å². The highest BCUT2D eigenvalue weighted by atomic mass is 15.2. The van der Waals surface area contributed by atoms with E-state index in [1.807, 2.05) is 0 Å². The van der Waals surface area contributed by atoms with E-state index in [0.717, 1.165) is 32.4 Å². The fourth-order valence-corrected chi connectivity index (χ4v) is 3.20. The van der Waals surface area contributed by atoms with Gasteiger partial charge in [0.05, 0.1) is 0 Å². The van der Waals surface area contributed by atoms with E-state index in [4.69, 9.17) is 5.73 Å². The van der Waals surface area contributed by atoms with Crippen LogP contribution in [-0.4, -0.2) is 24.0 Å². The molecule has 2 N–H and O–H groups in total. The fourth-order valence-electron chi connectivity index (χ4n) is 3.20. The van der Waals surface area contributed by atoms with Gasteiger partial charge in [-0.15, -0.1) is 0 Å². The zero-order valence-corrected chi connectivity index (χ0v) is 12.5. The third-order valence-electron chi connectivity index (χ3n) is 4.47. The lowest BCUT2D eigenvalue weighted by Gasteiger charge is -2.37. The molecular weight excluding hydrogens is 256 g/mol. The van der Waals surface area contributed by atoms with Gasteiger partial charge in [-0.3, -0.25) is 4.90 Å². The minimum Gasteiger partial charge on any atom is -0.328 e. The molecule has 1 fully saturated rings. The first-order valence-corrected chi connectivity index (χ1v) is 7.91. The van der Waals surface area contributed by atoms with Crippen molar-refractivity contribution in [2.45, 2.75) is 31.3 Å². The van der Waals surface area contributed by atoms with E-state index in [9.17, 15) is 0 Å². The molecule has 2 aromatic rings. The summed E-state index contributed by atoms with van der Waals surface area (Å²) in [6.45, 7) is 2.21. The highest BCUT2D eigenvalue weighted by Crippen LogP contribution is 2.27. The first-order valence-electron chi connectivity index (χ1n) is 7.91. The Labute approximate surface area is 127 Å². The van der Waals surface area contributed by atoms with Crippen LogP contribution >= 0.6 is 0 Å². The van der Waals surface area contributed by atoms with Gasteiger partial charge in [-0.1, -0.05) is 60.7 Å². The van der Waals surface area contributed by atoms with Crippen LogP contribution in [0.2, 0.25) is 0 Å². The van der Waals surface area contributed by atoms with E-state index < -0.39 is 0 Å². The van der Waals surface area contributed by atoms with E-state index in [1.54, 1.807) is 0 Å². The molecule has 0 spiro atoms. The molecule has 0 bridgehead atoms. The Morgan fingerprint density at radius 1 is 0.905 bits per heavy atom. The summed E-state index contributed by atoms with van der Waals surface area (Å²) in [4.78, 5) is 2.60. The number of piperidine rings is 1. The Bertz CT molecular complexity index is 530. The molecule has 0 aromatic heterocycles. The lowest BCUT2D eigenvalue weighted by atomic mass is 9.94. The van der Waals surface area contributed by atoms with Crippen LogP contribution in [0.3, 0.4) is 0 Å². The number of benzene rings is 2. The fraction of sp³-hybridized carbons (Fsp3) is 0.368. The Kier molecular flexibility index (Phi) is 4.69. The maximum atomic E-state index is 6.06. The molecule has 2 heteroatoms. The Hall–Kier alpha value is -1.64. The minimum atomic E-state index is 0.384. The first kappa shape index (κ1) is 14.3. The maximum Gasteiger partial charge on any atom is 0.0388 e. The van der Waals surface area contributed by atoms with Gasteiger partial charge < -0.3 is 5.73 Å². The summed E-state index contributed by atoms with van der Waals surface area (Å²) in [6.07, 6.45) is 3.29. The number of hydrogen-bond acceptors (Lipinski definition) is 2. The van der Waals surface area contributed by atoms with Crippen molar-refractivity contribution in [3.63, 3.8) is 0 Å². The molecule has 1 saturated heterocycles. The average molecular weight is 280 g/mol. The van der Waals surface area contributed by atoms with Gasteiger partial charge in [-0.25, -0.2) is 0 Å². The maximum absolute atomic E-state index is 6.06. The predicted molar refractivity (Wildman–Crippen MR) is 88.1 cm³/mol. The summed E-state index contributed by atoms with van der Waals surface area (Å²) in [6, 6.07) is 22.5. The quantitative estimate of drug-likeness (QED) is 0.930. The molecule has 0 aliphatic carbocycles. The van der Waals surface area contributed by atoms with E-state index in [1.165, 1.54) is 11.1 Å². The topological polar surface area (TPSA) is 29.3 Å². The van der Waals surface area contributed by atoms with Crippen molar-refractivity contribution in [3.05, 3.63) is 71.8 Å². The van der Waals surface area contributed by atoms with E-state index in [2.05, 4.69) is 65.6 Å². The zero-order chi connectivity index (χ0) is 14.5. The summed E-state index contributed by atoms with van der Waals surface area (Å²) >= 11 is 0. The van der Waals surface area contributed by atoms with Gasteiger partial charge in [0.15, 0.2) is 0 Å². The van der Waals surface area contributed by atoms with Crippen molar-refractivity contribution in [2.75, 3.05) is 13.1 Å². The van der Waals surface area contributed by atoms with Gasteiger partial charge in [0.1, 0.15) is 0 Å². The van der Waals surface area contributed by atoms with Crippen LogP contribution < -0.4 is 5.73 Å². The van der Waals surface area contributed by atoms with Crippen molar-refractivity contribution in [3.8, 4) is 0 Å². The Morgan fingerprint density at radius 3 is 2.10 bits per heavy atom. The van der Waals surface area contributed by atoms with Crippen molar-refractivity contribution in [2.24, 2.45) is 5.73 Å². The van der Waals surface area contributed by atoms with Crippen molar-refractivity contribution in [1.82, 2.24) is 4.90 Å². The molecule has 0 amide bonds. The van der Waals surface area contributed by atoms with Crippen LogP contribution in [0.4, 0.5) is 0 Å². The molecule has 21 heavy (non-hydrogen) atoms. The molecule has 0 radical (unpaired) electrons. The van der Waals surface area contributed by atoms with E-state index in [-0.39, 0.29) is 0 Å². The van der Waals surface area contributed by atoms with Crippen molar-refractivity contribution >= 4 is 0 Å². The van der Waals surface area contributed by atoms with Crippen LogP contribution in [0.1, 0.15) is 30.0 Å². The molecule has 0 saturated carbocycles. The van der Waals surface area contributed by atoms with Gasteiger partial charge in [0, 0.05) is 25.2 Å². The second-order valence-electron chi connectivity index (χ2n) is 5.99. The number of rotatable bonds is 4. The van der Waals surface area contributed by atoms with Crippen molar-refractivity contribution < 1.29 is 0 Å². The molecular formula is C19H24N2. The third-order valence-corrected chi connectivity index (χ3v) is 4.47. The number of likely N-dealkylation sites (tertiary alicyclic amines) is 1. The summed E-state index contributed by atoms with van der Waals surface area (Å²) in [5.74, 6) is 0. The van der Waals surface area contributed by atoms with Gasteiger partial charge in [0.2, 0.25) is 0 Å². The van der Waals surface area contributed by atoms with Gasteiger partial charge >= 0.3 is 0 Å². The SMILES string of the molecule is NC1CCN(C(Cc2ccccc2)c2ccccc2)CC1. The van der Waals surface area contributed by atoms with Crippen LogP contribution in [0, 0.1) is 0 Å². The monoisotopic (exact) mass is 280 g/mol. The molecule has 2 nitrogen and oxygen atoms in total. The second-order valence-corrected chi connectivity index (χ2v) is 5.99. The van der Waals surface area contributed by atoms with Gasteiger partial charge in [-0.05, 0) is 30.4 Å². The number of hydrogen-bond donors (Lipinski definition) is 1. The molecule has 3 rings (SSSR count). The standard InChI is InChI=1S/C19H24N2/c20-18-11-13-21(14-12-18)19(17-9-5-2-6-10-17)15-16-7-3-1-4-8-16/h1-10,18-19H,11-15,20H2. The largest absolute Gasteiger partial charge is 0.328 e. The molecule has 110 valence electrons.